The summed E-state index contributed by atoms with van der Waals surface area (Å²) < 4.78 is 0. The van der Waals surface area contributed by atoms with Crippen molar-refractivity contribution < 1.29 is 39.6 Å². The first-order chi connectivity index (χ1) is 18.9. The molecule has 4 radical (unpaired) electrons. The molecule has 0 heterocycles. The number of carbonyl (C=O) groups excluding carboxylic acids is 4. The minimum Gasteiger partial charge on any atom is -0.550 e. The molecular weight excluding hydrogens is 631 g/mol. The second kappa shape index (κ2) is 36.7. The van der Waals surface area contributed by atoms with Gasteiger partial charge in [0.25, 0.3) is 0 Å². The standard InChI is InChI=1S/4C8H16O2.Sn/c4*1-3-5-6-7(4-2)8(9)10;/h4*7H,3-6H2,1-2H3,(H,9,10);/p-4. The van der Waals surface area contributed by atoms with Crippen molar-refractivity contribution in [1.82, 2.24) is 0 Å². The molecule has 4 atom stereocenters. The molecule has 0 aliphatic heterocycles. The van der Waals surface area contributed by atoms with Gasteiger partial charge in [0.15, 0.2) is 0 Å². The molecule has 0 N–H and O–H groups in total. The summed E-state index contributed by atoms with van der Waals surface area (Å²) in [5.41, 5.74) is 0. The molecule has 9 heteroatoms. The molecular formula is C32H60O8Sn-4. The van der Waals surface area contributed by atoms with E-state index in [1.807, 2.05) is 27.7 Å². The number of carboxylic acids is 4. The molecule has 0 aliphatic rings. The largest absolute Gasteiger partial charge is 0.550 e. The summed E-state index contributed by atoms with van der Waals surface area (Å²) in [5, 5.41) is 41.3. The fourth-order valence-corrected chi connectivity index (χ4v) is 3.76. The fourth-order valence-electron chi connectivity index (χ4n) is 3.76. The first-order valence-corrected chi connectivity index (χ1v) is 15.7. The Kier molecular flexibility index (Phi) is 44.2. The van der Waals surface area contributed by atoms with E-state index in [-0.39, 0.29) is 47.6 Å². The van der Waals surface area contributed by atoms with Crippen molar-refractivity contribution in [2.75, 3.05) is 0 Å². The fraction of sp³-hybridized carbons (Fsp3) is 0.875. The Balaban J connectivity index is -0.000000139. The molecule has 8 nitrogen and oxygen atoms in total. The molecule has 41 heavy (non-hydrogen) atoms. The monoisotopic (exact) mass is 692 g/mol. The average Bonchev–Trinajstić information content (AvgIpc) is 2.91. The van der Waals surface area contributed by atoms with Crippen LogP contribution in [-0.2, 0) is 19.2 Å². The average molecular weight is 692 g/mol. The minimum absolute atomic E-state index is 0. The van der Waals surface area contributed by atoms with Crippen molar-refractivity contribution in [3.8, 4) is 0 Å². The summed E-state index contributed by atoms with van der Waals surface area (Å²) in [6.45, 7) is 15.8. The van der Waals surface area contributed by atoms with Gasteiger partial charge in [0.1, 0.15) is 0 Å². The van der Waals surface area contributed by atoms with Crippen molar-refractivity contribution in [2.24, 2.45) is 23.7 Å². The maximum atomic E-state index is 10.3. The van der Waals surface area contributed by atoms with Crippen LogP contribution in [0.5, 0.6) is 0 Å². The summed E-state index contributed by atoms with van der Waals surface area (Å²) in [7, 11) is 0. The number of aliphatic carboxylic acids is 4. The van der Waals surface area contributed by atoms with Crippen LogP contribution in [0.1, 0.15) is 158 Å². The summed E-state index contributed by atoms with van der Waals surface area (Å²) in [6.07, 6.45) is 14.1. The number of carbonyl (C=O) groups is 4. The Morgan fingerprint density at radius 1 is 0.390 bits per heavy atom. The number of unbranched alkanes of at least 4 members (excludes halogenated alkanes) is 4. The molecule has 0 aromatic rings. The Morgan fingerprint density at radius 2 is 0.537 bits per heavy atom. The number of carboxylic acid groups (broad SMARTS) is 4. The molecule has 0 saturated heterocycles. The zero-order valence-corrected chi connectivity index (χ0v) is 30.2. The van der Waals surface area contributed by atoms with Gasteiger partial charge in [-0.15, -0.1) is 0 Å². The van der Waals surface area contributed by atoms with Crippen molar-refractivity contribution in [1.29, 1.82) is 0 Å². The maximum Gasteiger partial charge on any atom is 0.0445 e. The van der Waals surface area contributed by atoms with E-state index in [1.165, 1.54) is 0 Å². The van der Waals surface area contributed by atoms with Crippen LogP contribution in [0.4, 0.5) is 0 Å². The second-order valence-corrected chi connectivity index (χ2v) is 10.3. The van der Waals surface area contributed by atoms with E-state index < -0.39 is 23.9 Å². The van der Waals surface area contributed by atoms with Gasteiger partial charge in [-0.25, -0.2) is 0 Å². The molecule has 244 valence electrons. The van der Waals surface area contributed by atoms with Crippen LogP contribution in [0.25, 0.3) is 0 Å². The third kappa shape index (κ3) is 34.8. The van der Waals surface area contributed by atoms with E-state index in [1.54, 1.807) is 0 Å². The van der Waals surface area contributed by atoms with Crippen LogP contribution in [-0.4, -0.2) is 47.8 Å². The molecule has 0 amide bonds. The number of hydrogen-bond acceptors (Lipinski definition) is 8. The van der Waals surface area contributed by atoms with Crippen LogP contribution in [0, 0.1) is 23.7 Å². The predicted octanol–water partition coefficient (Wildman–Crippen LogP) is 3.43. The van der Waals surface area contributed by atoms with Gasteiger partial charge >= 0.3 is 0 Å². The molecule has 0 fully saturated rings. The molecule has 0 aliphatic carbocycles. The summed E-state index contributed by atoms with van der Waals surface area (Å²) >= 11 is 0. The van der Waals surface area contributed by atoms with Gasteiger partial charge < -0.3 is 39.6 Å². The molecule has 0 aromatic heterocycles. The van der Waals surface area contributed by atoms with E-state index >= 15 is 0 Å². The van der Waals surface area contributed by atoms with Gasteiger partial charge in [-0.2, -0.15) is 0 Å². The number of rotatable bonds is 20. The van der Waals surface area contributed by atoms with Gasteiger partial charge in [-0.1, -0.05) is 107 Å². The van der Waals surface area contributed by atoms with E-state index in [4.69, 9.17) is 0 Å². The minimum atomic E-state index is -0.893. The first kappa shape index (κ1) is 49.4. The molecule has 0 spiro atoms. The second-order valence-electron chi connectivity index (χ2n) is 10.3. The topological polar surface area (TPSA) is 161 Å². The Hall–Kier alpha value is -1.32. The van der Waals surface area contributed by atoms with Crippen molar-refractivity contribution in [3.63, 3.8) is 0 Å². The normalized spacial score (nSPS) is 12.7. The van der Waals surface area contributed by atoms with Gasteiger partial charge in [0.2, 0.25) is 0 Å². The van der Waals surface area contributed by atoms with E-state index in [0.717, 1.165) is 77.0 Å². The molecule has 0 rings (SSSR count). The van der Waals surface area contributed by atoms with Gasteiger partial charge in [0.05, 0.1) is 0 Å². The molecule has 0 bridgehead atoms. The van der Waals surface area contributed by atoms with E-state index in [9.17, 15) is 39.6 Å². The van der Waals surface area contributed by atoms with Crippen LogP contribution in [0.3, 0.4) is 0 Å². The Labute approximate surface area is 268 Å². The Morgan fingerprint density at radius 3 is 0.610 bits per heavy atom. The molecule has 0 saturated carbocycles. The maximum absolute atomic E-state index is 10.3. The third-order valence-corrected chi connectivity index (χ3v) is 6.93. The SMILES string of the molecule is CCCCC(CC)C(=O)[O-].CCCCC(CC)C(=O)[O-].CCCCC(CC)C(=O)[O-].CCCCC(CC)C(=O)[O-].[Sn]. The van der Waals surface area contributed by atoms with E-state index in [0.29, 0.717) is 25.7 Å². The van der Waals surface area contributed by atoms with Gasteiger partial charge in [-0.05, 0) is 75.0 Å². The van der Waals surface area contributed by atoms with Crippen LogP contribution < -0.4 is 20.4 Å². The summed E-state index contributed by atoms with van der Waals surface area (Å²) in [4.78, 5) is 41.3. The van der Waals surface area contributed by atoms with Crippen molar-refractivity contribution in [2.45, 2.75) is 158 Å². The third-order valence-electron chi connectivity index (χ3n) is 6.93. The van der Waals surface area contributed by atoms with Crippen molar-refractivity contribution >= 4 is 47.8 Å². The number of hydrogen-bond donors (Lipinski definition) is 0. The molecule has 4 unspecified atom stereocenters. The Bertz CT molecular complexity index is 509. The van der Waals surface area contributed by atoms with Crippen LogP contribution in [0.15, 0.2) is 0 Å². The summed E-state index contributed by atoms with van der Waals surface area (Å²) in [6, 6.07) is 0. The van der Waals surface area contributed by atoms with Gasteiger partial charge in [-0.3, -0.25) is 0 Å². The predicted molar refractivity (Wildman–Crippen MR) is 159 cm³/mol. The zero-order chi connectivity index (χ0) is 31.9. The van der Waals surface area contributed by atoms with E-state index in [2.05, 4.69) is 27.7 Å². The quantitative estimate of drug-likeness (QED) is 0.176. The van der Waals surface area contributed by atoms with Crippen LogP contribution in [0.2, 0.25) is 0 Å². The molecule has 0 aromatic carbocycles. The smallest absolute Gasteiger partial charge is 0.0445 e. The zero-order valence-electron chi connectivity index (χ0n) is 27.4. The van der Waals surface area contributed by atoms with Crippen molar-refractivity contribution in [3.05, 3.63) is 0 Å². The van der Waals surface area contributed by atoms with Gasteiger partial charge in [0, 0.05) is 47.8 Å². The van der Waals surface area contributed by atoms with Crippen LogP contribution >= 0.6 is 0 Å². The first-order valence-electron chi connectivity index (χ1n) is 15.7. The summed E-state index contributed by atoms with van der Waals surface area (Å²) in [5.74, 6) is -4.46.